The topological polar surface area (TPSA) is 73.7 Å². The molecule has 0 amide bonds. The standard InChI is InChI=1S/C18H23N3O3S/c22-18-16-8-4-3-7-15(16)17(13-19-18)25(23,24)21-11-9-20(10-12-21)14-5-1-2-6-14/h3-4,7-8,13-14H,1-2,5-6,9-12H2,(H,19,22). The first-order chi connectivity index (χ1) is 12.1. The van der Waals surface area contributed by atoms with Gasteiger partial charge in [-0.15, -0.1) is 0 Å². The van der Waals surface area contributed by atoms with Crippen LogP contribution in [0.3, 0.4) is 0 Å². The van der Waals surface area contributed by atoms with E-state index in [0.29, 0.717) is 29.9 Å². The number of fused-ring (bicyclic) bond motifs is 1. The van der Waals surface area contributed by atoms with Gasteiger partial charge in [0.2, 0.25) is 15.9 Å². The minimum atomic E-state index is -3.62. The van der Waals surface area contributed by atoms with Gasteiger partial charge in [0, 0.05) is 43.0 Å². The van der Waals surface area contributed by atoms with E-state index < -0.39 is 10.0 Å². The summed E-state index contributed by atoms with van der Waals surface area (Å²) in [5.41, 5.74) is 0. The van der Waals surface area contributed by atoms with Gasteiger partial charge in [-0.3, -0.25) is 4.90 Å². The largest absolute Gasteiger partial charge is 0.493 e. The zero-order chi connectivity index (χ0) is 17.4. The Labute approximate surface area is 148 Å². The Morgan fingerprint density at radius 3 is 2.32 bits per heavy atom. The molecule has 2 fully saturated rings. The number of hydrogen-bond acceptors (Lipinski definition) is 5. The minimum absolute atomic E-state index is 0.138. The van der Waals surface area contributed by atoms with Gasteiger partial charge in [-0.05, 0) is 18.9 Å². The molecule has 1 aromatic carbocycles. The molecule has 0 radical (unpaired) electrons. The van der Waals surface area contributed by atoms with E-state index in [2.05, 4.69) is 9.88 Å². The lowest BCUT2D eigenvalue weighted by Gasteiger charge is -2.37. The second kappa shape index (κ2) is 6.55. The van der Waals surface area contributed by atoms with Crippen molar-refractivity contribution in [2.75, 3.05) is 26.2 Å². The van der Waals surface area contributed by atoms with Gasteiger partial charge < -0.3 is 5.11 Å². The Hall–Kier alpha value is -1.70. The summed E-state index contributed by atoms with van der Waals surface area (Å²) in [6.45, 7) is 2.59. The fraction of sp³-hybridized carbons (Fsp3) is 0.500. The average molecular weight is 361 g/mol. The number of hydrogen-bond donors (Lipinski definition) is 1. The van der Waals surface area contributed by atoms with Crippen LogP contribution >= 0.6 is 0 Å². The average Bonchev–Trinajstić information content (AvgIpc) is 3.17. The van der Waals surface area contributed by atoms with E-state index in [4.69, 9.17) is 0 Å². The second-order valence-corrected chi connectivity index (χ2v) is 8.78. The van der Waals surface area contributed by atoms with Crippen LogP contribution in [-0.2, 0) is 10.0 Å². The molecule has 2 aliphatic rings. The molecule has 7 heteroatoms. The number of benzene rings is 1. The lowest BCUT2D eigenvalue weighted by Crippen LogP contribution is -2.51. The summed E-state index contributed by atoms with van der Waals surface area (Å²) in [6.07, 6.45) is 6.32. The monoisotopic (exact) mass is 361 g/mol. The molecule has 134 valence electrons. The van der Waals surface area contributed by atoms with Crippen LogP contribution < -0.4 is 0 Å². The van der Waals surface area contributed by atoms with Crippen LogP contribution in [0.15, 0.2) is 35.4 Å². The molecule has 6 nitrogen and oxygen atoms in total. The highest BCUT2D eigenvalue weighted by molar-refractivity contribution is 7.89. The Bertz CT molecular complexity index is 870. The van der Waals surface area contributed by atoms with Crippen molar-refractivity contribution in [2.24, 2.45) is 0 Å². The van der Waals surface area contributed by atoms with Crippen molar-refractivity contribution < 1.29 is 13.5 Å². The third-order valence-electron chi connectivity index (χ3n) is 5.47. The zero-order valence-corrected chi connectivity index (χ0v) is 15.0. The molecule has 0 spiro atoms. The van der Waals surface area contributed by atoms with Crippen molar-refractivity contribution in [3.8, 4) is 5.88 Å². The predicted molar refractivity (Wildman–Crippen MR) is 96.0 cm³/mol. The quantitative estimate of drug-likeness (QED) is 0.907. The molecular formula is C18H23N3O3S. The SMILES string of the molecule is O=S(=O)(c1cnc(O)c2ccccc12)N1CCN(C2CCCC2)CC1. The number of rotatable bonds is 3. The van der Waals surface area contributed by atoms with Crippen molar-refractivity contribution in [2.45, 2.75) is 36.6 Å². The summed E-state index contributed by atoms with van der Waals surface area (Å²) >= 11 is 0. The van der Waals surface area contributed by atoms with E-state index in [1.54, 1.807) is 28.6 Å². The van der Waals surface area contributed by atoms with E-state index >= 15 is 0 Å². The van der Waals surface area contributed by atoms with Crippen molar-refractivity contribution in [1.82, 2.24) is 14.2 Å². The van der Waals surface area contributed by atoms with E-state index in [1.807, 2.05) is 0 Å². The minimum Gasteiger partial charge on any atom is -0.493 e. The van der Waals surface area contributed by atoms with E-state index in [-0.39, 0.29) is 10.8 Å². The first kappa shape index (κ1) is 16.8. The van der Waals surface area contributed by atoms with Crippen LogP contribution in [0.25, 0.3) is 10.8 Å². The Morgan fingerprint density at radius 2 is 1.64 bits per heavy atom. The summed E-state index contributed by atoms with van der Waals surface area (Å²) in [6, 6.07) is 7.58. The Balaban J connectivity index is 1.60. The van der Waals surface area contributed by atoms with E-state index in [0.717, 1.165) is 13.1 Å². The first-order valence-corrected chi connectivity index (χ1v) is 10.3. The molecule has 1 aliphatic heterocycles. The smallest absolute Gasteiger partial charge is 0.245 e. The molecule has 0 bridgehead atoms. The van der Waals surface area contributed by atoms with Gasteiger partial charge in [0.1, 0.15) is 4.90 Å². The number of nitrogens with zero attached hydrogens (tertiary/aromatic N) is 3. The third-order valence-corrected chi connectivity index (χ3v) is 7.40. The number of aromatic hydroxyl groups is 1. The van der Waals surface area contributed by atoms with Gasteiger partial charge in [-0.2, -0.15) is 4.31 Å². The molecule has 1 aromatic heterocycles. The Morgan fingerprint density at radius 1 is 1.00 bits per heavy atom. The highest BCUT2D eigenvalue weighted by Gasteiger charge is 2.33. The maximum Gasteiger partial charge on any atom is 0.245 e. The third kappa shape index (κ3) is 3.01. The van der Waals surface area contributed by atoms with Gasteiger partial charge in [-0.1, -0.05) is 31.0 Å². The number of aromatic nitrogens is 1. The maximum atomic E-state index is 13.1. The lowest BCUT2D eigenvalue weighted by molar-refractivity contribution is 0.139. The predicted octanol–water partition coefficient (Wildman–Crippen LogP) is 2.19. The van der Waals surface area contributed by atoms with Crippen molar-refractivity contribution in [3.05, 3.63) is 30.5 Å². The van der Waals surface area contributed by atoms with E-state index in [1.165, 1.54) is 31.9 Å². The van der Waals surface area contributed by atoms with Gasteiger partial charge in [0.15, 0.2) is 0 Å². The molecule has 2 heterocycles. The summed E-state index contributed by atoms with van der Waals surface area (Å²) in [7, 11) is -3.62. The first-order valence-electron chi connectivity index (χ1n) is 8.88. The van der Waals surface area contributed by atoms with Gasteiger partial charge in [-0.25, -0.2) is 13.4 Å². The number of piperazine rings is 1. The number of sulfonamides is 1. The molecular weight excluding hydrogens is 338 g/mol. The van der Waals surface area contributed by atoms with Crippen molar-refractivity contribution >= 4 is 20.8 Å². The van der Waals surface area contributed by atoms with Gasteiger partial charge in [0.05, 0.1) is 6.20 Å². The van der Waals surface area contributed by atoms with Crippen LogP contribution in [-0.4, -0.2) is 59.9 Å². The van der Waals surface area contributed by atoms with Gasteiger partial charge in [0.25, 0.3) is 0 Å². The molecule has 1 N–H and O–H groups in total. The van der Waals surface area contributed by atoms with Crippen LogP contribution in [0.2, 0.25) is 0 Å². The molecule has 2 aromatic rings. The van der Waals surface area contributed by atoms with Crippen LogP contribution in [0.5, 0.6) is 5.88 Å². The molecule has 25 heavy (non-hydrogen) atoms. The molecule has 0 atom stereocenters. The van der Waals surface area contributed by atoms with Crippen LogP contribution in [0.1, 0.15) is 25.7 Å². The van der Waals surface area contributed by atoms with Crippen molar-refractivity contribution in [3.63, 3.8) is 0 Å². The molecule has 0 unspecified atom stereocenters. The zero-order valence-electron chi connectivity index (χ0n) is 14.1. The lowest BCUT2D eigenvalue weighted by atomic mass is 10.2. The maximum absolute atomic E-state index is 13.1. The second-order valence-electron chi connectivity index (χ2n) is 6.87. The fourth-order valence-corrected chi connectivity index (χ4v) is 5.64. The van der Waals surface area contributed by atoms with Crippen molar-refractivity contribution in [1.29, 1.82) is 0 Å². The summed E-state index contributed by atoms with van der Waals surface area (Å²) in [4.78, 5) is 6.50. The number of pyridine rings is 1. The molecule has 1 saturated heterocycles. The molecule has 1 saturated carbocycles. The molecule has 4 rings (SSSR count). The van der Waals surface area contributed by atoms with Gasteiger partial charge >= 0.3 is 0 Å². The van der Waals surface area contributed by atoms with Crippen LogP contribution in [0, 0.1) is 0 Å². The van der Waals surface area contributed by atoms with Crippen LogP contribution in [0.4, 0.5) is 0 Å². The normalized spacial score (nSPS) is 21.1. The highest BCUT2D eigenvalue weighted by Crippen LogP contribution is 2.31. The Kier molecular flexibility index (Phi) is 4.39. The summed E-state index contributed by atoms with van der Waals surface area (Å²) < 4.78 is 27.8. The molecule has 1 aliphatic carbocycles. The summed E-state index contributed by atoms with van der Waals surface area (Å²) in [5.74, 6) is -0.138. The fourth-order valence-electron chi connectivity index (χ4n) is 4.07. The van der Waals surface area contributed by atoms with E-state index in [9.17, 15) is 13.5 Å². The highest BCUT2D eigenvalue weighted by atomic mass is 32.2. The summed E-state index contributed by atoms with van der Waals surface area (Å²) in [5, 5.41) is 10.9.